The fraction of sp³-hybridized carbons (Fsp3) is 0.143. The molecule has 0 radical (unpaired) electrons. The summed E-state index contributed by atoms with van der Waals surface area (Å²) in [5.41, 5.74) is 0.517. The third-order valence-corrected chi connectivity index (χ3v) is 2.69. The van der Waals surface area contributed by atoms with Crippen LogP contribution in [0.3, 0.4) is 0 Å². The average molecular weight is 260 g/mol. The second-order valence-electron chi connectivity index (χ2n) is 4.16. The molecule has 4 nitrogen and oxygen atoms in total. The molecule has 1 N–H and O–H groups in total. The summed E-state index contributed by atoms with van der Waals surface area (Å²) in [6, 6.07) is 7.36. The first-order valence-electron chi connectivity index (χ1n) is 5.71. The van der Waals surface area contributed by atoms with Crippen LogP contribution in [0.2, 0.25) is 0 Å². The number of carbonyl (C=O) groups excluding carboxylic acids is 1. The molecule has 98 valence electrons. The number of hydrogen-bond acceptors (Lipinski definition) is 3. The SMILES string of the molecule is CN(Cc1cccnc1)C(=O)c1c(O)cccc1F. The van der Waals surface area contributed by atoms with E-state index in [0.717, 1.165) is 11.6 Å². The molecule has 5 heteroatoms. The number of rotatable bonds is 3. The largest absolute Gasteiger partial charge is 0.507 e. The van der Waals surface area contributed by atoms with Crippen LogP contribution in [0.15, 0.2) is 42.7 Å². The number of carbonyl (C=O) groups is 1. The van der Waals surface area contributed by atoms with E-state index in [2.05, 4.69) is 4.98 Å². The molecule has 0 spiro atoms. The van der Waals surface area contributed by atoms with Crippen molar-refractivity contribution in [3.63, 3.8) is 0 Å². The Kier molecular flexibility index (Phi) is 3.75. The highest BCUT2D eigenvalue weighted by Gasteiger charge is 2.20. The Hall–Kier alpha value is -2.43. The summed E-state index contributed by atoms with van der Waals surface area (Å²) in [7, 11) is 1.54. The summed E-state index contributed by atoms with van der Waals surface area (Å²) in [5.74, 6) is -1.66. The standard InChI is InChI=1S/C14H13FN2O2/c1-17(9-10-4-3-7-16-8-10)14(19)13-11(15)5-2-6-12(13)18/h2-8,18H,9H2,1H3. The van der Waals surface area contributed by atoms with Crippen LogP contribution < -0.4 is 0 Å². The second kappa shape index (κ2) is 5.48. The number of hydrogen-bond donors (Lipinski definition) is 1. The van der Waals surface area contributed by atoms with Crippen molar-refractivity contribution in [3.05, 3.63) is 59.7 Å². The van der Waals surface area contributed by atoms with Gasteiger partial charge < -0.3 is 10.0 Å². The minimum atomic E-state index is -0.733. The van der Waals surface area contributed by atoms with Gasteiger partial charge in [-0.05, 0) is 23.8 Å². The van der Waals surface area contributed by atoms with Crippen LogP contribution in [-0.2, 0) is 6.54 Å². The topological polar surface area (TPSA) is 53.4 Å². The van der Waals surface area contributed by atoms with Crippen LogP contribution in [0.25, 0.3) is 0 Å². The van der Waals surface area contributed by atoms with Crippen LogP contribution in [0.4, 0.5) is 4.39 Å². The Morgan fingerprint density at radius 2 is 2.16 bits per heavy atom. The number of benzene rings is 1. The van der Waals surface area contributed by atoms with Crippen LogP contribution in [0, 0.1) is 5.82 Å². The lowest BCUT2D eigenvalue weighted by Crippen LogP contribution is -2.27. The molecule has 0 unspecified atom stereocenters. The summed E-state index contributed by atoms with van der Waals surface area (Å²) in [6.45, 7) is 0.292. The lowest BCUT2D eigenvalue weighted by molar-refractivity contribution is 0.0777. The number of aromatic nitrogens is 1. The fourth-order valence-corrected chi connectivity index (χ4v) is 1.75. The quantitative estimate of drug-likeness (QED) is 0.920. The minimum absolute atomic E-state index is 0.292. The molecule has 1 amide bonds. The van der Waals surface area contributed by atoms with Crippen molar-refractivity contribution in [1.82, 2.24) is 9.88 Å². The Bertz CT molecular complexity index is 567. The maximum atomic E-state index is 13.6. The summed E-state index contributed by atoms with van der Waals surface area (Å²) in [5, 5.41) is 9.58. The molecule has 0 saturated heterocycles. The molecule has 0 saturated carbocycles. The van der Waals surface area contributed by atoms with E-state index < -0.39 is 11.7 Å². The number of nitrogens with zero attached hydrogens (tertiary/aromatic N) is 2. The maximum absolute atomic E-state index is 13.6. The highest BCUT2D eigenvalue weighted by Crippen LogP contribution is 2.21. The van der Waals surface area contributed by atoms with Gasteiger partial charge in [-0.15, -0.1) is 0 Å². The van der Waals surface area contributed by atoms with Crippen molar-refractivity contribution in [1.29, 1.82) is 0 Å². The molecule has 0 fully saturated rings. The number of pyridine rings is 1. The second-order valence-corrected chi connectivity index (χ2v) is 4.16. The van der Waals surface area contributed by atoms with Gasteiger partial charge in [0.05, 0.1) is 0 Å². The molecule has 1 aromatic carbocycles. The first-order chi connectivity index (χ1) is 9.09. The minimum Gasteiger partial charge on any atom is -0.507 e. The van der Waals surface area contributed by atoms with Crippen molar-refractivity contribution in [2.75, 3.05) is 7.05 Å². The van der Waals surface area contributed by atoms with Gasteiger partial charge in [-0.1, -0.05) is 12.1 Å². The van der Waals surface area contributed by atoms with Crippen LogP contribution in [-0.4, -0.2) is 27.9 Å². The molecule has 0 bridgehead atoms. The van der Waals surface area contributed by atoms with E-state index in [4.69, 9.17) is 0 Å². The van der Waals surface area contributed by atoms with E-state index >= 15 is 0 Å². The molecular weight excluding hydrogens is 247 g/mol. The number of aromatic hydroxyl groups is 1. The fourth-order valence-electron chi connectivity index (χ4n) is 1.75. The highest BCUT2D eigenvalue weighted by atomic mass is 19.1. The molecule has 0 atom stereocenters. The maximum Gasteiger partial charge on any atom is 0.260 e. The van der Waals surface area contributed by atoms with E-state index in [0.29, 0.717) is 6.54 Å². The lowest BCUT2D eigenvalue weighted by Gasteiger charge is -2.18. The Balaban J connectivity index is 2.20. The summed E-state index contributed by atoms with van der Waals surface area (Å²) in [6.07, 6.45) is 3.26. The van der Waals surface area contributed by atoms with Crippen molar-refractivity contribution < 1.29 is 14.3 Å². The number of halogens is 1. The van der Waals surface area contributed by atoms with E-state index in [9.17, 15) is 14.3 Å². The molecule has 2 rings (SSSR count). The number of amides is 1. The third kappa shape index (κ3) is 2.88. The predicted molar refractivity (Wildman–Crippen MR) is 68.1 cm³/mol. The predicted octanol–water partition coefficient (Wildman–Crippen LogP) is 2.20. The van der Waals surface area contributed by atoms with E-state index in [1.807, 2.05) is 6.07 Å². The smallest absolute Gasteiger partial charge is 0.260 e. The molecule has 0 aliphatic heterocycles. The van der Waals surface area contributed by atoms with Gasteiger partial charge in [-0.3, -0.25) is 9.78 Å². The van der Waals surface area contributed by atoms with Crippen LogP contribution in [0.5, 0.6) is 5.75 Å². The summed E-state index contributed by atoms with van der Waals surface area (Å²) >= 11 is 0. The zero-order valence-electron chi connectivity index (χ0n) is 10.4. The van der Waals surface area contributed by atoms with Crippen LogP contribution >= 0.6 is 0 Å². The number of phenols is 1. The van der Waals surface area contributed by atoms with Crippen molar-refractivity contribution in [3.8, 4) is 5.75 Å². The average Bonchev–Trinajstić information content (AvgIpc) is 2.39. The summed E-state index contributed by atoms with van der Waals surface area (Å²) in [4.78, 5) is 17.4. The van der Waals surface area contributed by atoms with Crippen molar-refractivity contribution >= 4 is 5.91 Å². The highest BCUT2D eigenvalue weighted by molar-refractivity contribution is 5.96. The van der Waals surface area contributed by atoms with Gasteiger partial charge in [-0.25, -0.2) is 4.39 Å². The molecule has 1 heterocycles. The molecule has 1 aromatic heterocycles. The van der Waals surface area contributed by atoms with E-state index in [1.165, 1.54) is 17.0 Å². The van der Waals surface area contributed by atoms with E-state index in [1.54, 1.807) is 25.5 Å². The summed E-state index contributed by atoms with van der Waals surface area (Å²) < 4.78 is 13.6. The van der Waals surface area contributed by atoms with Gasteiger partial charge in [0.25, 0.3) is 5.91 Å². The lowest BCUT2D eigenvalue weighted by atomic mass is 10.1. The zero-order chi connectivity index (χ0) is 13.8. The first kappa shape index (κ1) is 13.0. The monoisotopic (exact) mass is 260 g/mol. The van der Waals surface area contributed by atoms with Crippen molar-refractivity contribution in [2.45, 2.75) is 6.54 Å². The Labute approximate surface area is 110 Å². The van der Waals surface area contributed by atoms with Crippen molar-refractivity contribution in [2.24, 2.45) is 0 Å². The van der Waals surface area contributed by atoms with Gasteiger partial charge in [0, 0.05) is 26.0 Å². The first-order valence-corrected chi connectivity index (χ1v) is 5.71. The van der Waals surface area contributed by atoms with Gasteiger partial charge in [-0.2, -0.15) is 0 Å². The Morgan fingerprint density at radius 1 is 1.37 bits per heavy atom. The van der Waals surface area contributed by atoms with Gasteiger partial charge in [0.15, 0.2) is 0 Å². The molecule has 0 aliphatic rings. The van der Waals surface area contributed by atoms with Gasteiger partial charge >= 0.3 is 0 Å². The zero-order valence-corrected chi connectivity index (χ0v) is 10.4. The van der Waals surface area contributed by atoms with E-state index in [-0.39, 0.29) is 11.3 Å². The van der Waals surface area contributed by atoms with Crippen LogP contribution in [0.1, 0.15) is 15.9 Å². The Morgan fingerprint density at radius 3 is 2.79 bits per heavy atom. The molecular formula is C14H13FN2O2. The van der Waals surface area contributed by atoms with Gasteiger partial charge in [0.1, 0.15) is 17.1 Å². The molecule has 0 aliphatic carbocycles. The molecule has 2 aromatic rings. The van der Waals surface area contributed by atoms with Gasteiger partial charge in [0.2, 0.25) is 0 Å². The third-order valence-electron chi connectivity index (χ3n) is 2.69. The normalized spacial score (nSPS) is 10.2. The number of phenolic OH excluding ortho intramolecular Hbond substituents is 1. The molecule has 19 heavy (non-hydrogen) atoms.